The molecule has 2 rings (SSSR count). The molecular formula is C15H17N3O3S. The number of amides is 1. The average molecular weight is 319 g/mol. The van der Waals surface area contributed by atoms with Crippen LogP contribution < -0.4 is 10.5 Å². The molecule has 0 unspecified atom stereocenters. The zero-order chi connectivity index (χ0) is 16.2. The van der Waals surface area contributed by atoms with Crippen molar-refractivity contribution in [2.75, 3.05) is 6.54 Å². The monoisotopic (exact) mass is 319 g/mol. The maximum absolute atomic E-state index is 11.9. The second-order valence-electron chi connectivity index (χ2n) is 4.86. The number of sulfonamides is 1. The van der Waals surface area contributed by atoms with E-state index in [1.54, 1.807) is 24.3 Å². The van der Waals surface area contributed by atoms with Gasteiger partial charge in [-0.05, 0) is 43.2 Å². The molecule has 116 valence electrons. The van der Waals surface area contributed by atoms with E-state index < -0.39 is 10.0 Å². The van der Waals surface area contributed by atoms with Crippen LogP contribution in [-0.4, -0.2) is 25.9 Å². The molecule has 1 aromatic carbocycles. The van der Waals surface area contributed by atoms with Crippen LogP contribution in [0.4, 0.5) is 0 Å². The molecule has 7 heteroatoms. The number of primary sulfonamides is 1. The predicted octanol–water partition coefficient (Wildman–Crippen LogP) is 1.01. The van der Waals surface area contributed by atoms with Gasteiger partial charge < -0.3 is 5.32 Å². The molecule has 3 N–H and O–H groups in total. The van der Waals surface area contributed by atoms with Crippen LogP contribution in [0, 0.1) is 6.92 Å². The number of nitrogens with zero attached hydrogens (tertiary/aromatic N) is 1. The van der Waals surface area contributed by atoms with Gasteiger partial charge in [0.15, 0.2) is 0 Å². The SMILES string of the molecule is Cc1cccc(C(=O)NCCc2ccc(S(N)(=O)=O)cc2)n1. The van der Waals surface area contributed by atoms with Crippen LogP contribution in [0.1, 0.15) is 21.7 Å². The van der Waals surface area contributed by atoms with E-state index in [2.05, 4.69) is 10.3 Å². The van der Waals surface area contributed by atoms with Gasteiger partial charge in [0.1, 0.15) is 5.69 Å². The number of carbonyl (C=O) groups excluding carboxylic acids is 1. The van der Waals surface area contributed by atoms with Gasteiger partial charge in [-0.1, -0.05) is 18.2 Å². The Morgan fingerprint density at radius 2 is 1.86 bits per heavy atom. The second-order valence-corrected chi connectivity index (χ2v) is 6.42. The molecule has 0 aliphatic heterocycles. The maximum atomic E-state index is 11.9. The Labute approximate surface area is 129 Å². The fourth-order valence-electron chi connectivity index (χ4n) is 1.93. The summed E-state index contributed by atoms with van der Waals surface area (Å²) in [4.78, 5) is 16.1. The molecule has 6 nitrogen and oxygen atoms in total. The Hall–Kier alpha value is -2.25. The Kier molecular flexibility index (Phi) is 4.89. The third-order valence-electron chi connectivity index (χ3n) is 3.07. The fourth-order valence-corrected chi connectivity index (χ4v) is 2.44. The van der Waals surface area contributed by atoms with Crippen LogP contribution >= 0.6 is 0 Å². The third kappa shape index (κ3) is 4.37. The maximum Gasteiger partial charge on any atom is 0.269 e. The summed E-state index contributed by atoms with van der Waals surface area (Å²) in [5.41, 5.74) is 2.07. The van der Waals surface area contributed by atoms with Crippen molar-refractivity contribution in [3.05, 3.63) is 59.4 Å². The molecule has 0 saturated carbocycles. The van der Waals surface area contributed by atoms with Crippen molar-refractivity contribution in [1.82, 2.24) is 10.3 Å². The number of benzene rings is 1. The lowest BCUT2D eigenvalue weighted by Crippen LogP contribution is -2.26. The second kappa shape index (κ2) is 6.67. The molecule has 0 aliphatic rings. The largest absolute Gasteiger partial charge is 0.350 e. The highest BCUT2D eigenvalue weighted by atomic mass is 32.2. The summed E-state index contributed by atoms with van der Waals surface area (Å²) in [6.07, 6.45) is 0.586. The Morgan fingerprint density at radius 3 is 2.45 bits per heavy atom. The normalized spacial score (nSPS) is 11.2. The first-order valence-corrected chi connectivity index (χ1v) is 8.24. The molecule has 0 fully saturated rings. The van der Waals surface area contributed by atoms with Gasteiger partial charge in [-0.3, -0.25) is 4.79 Å². The number of pyridine rings is 1. The average Bonchev–Trinajstić information content (AvgIpc) is 2.47. The van der Waals surface area contributed by atoms with Crippen LogP contribution in [0.25, 0.3) is 0 Å². The quantitative estimate of drug-likeness (QED) is 0.858. The molecule has 1 heterocycles. The van der Waals surface area contributed by atoms with Gasteiger partial charge in [0.2, 0.25) is 10.0 Å². The number of aryl methyl sites for hydroxylation is 1. The van der Waals surface area contributed by atoms with E-state index in [9.17, 15) is 13.2 Å². The van der Waals surface area contributed by atoms with Gasteiger partial charge in [0.25, 0.3) is 5.91 Å². The Morgan fingerprint density at radius 1 is 1.18 bits per heavy atom. The van der Waals surface area contributed by atoms with E-state index in [1.165, 1.54) is 12.1 Å². The molecule has 0 radical (unpaired) electrons. The minimum Gasteiger partial charge on any atom is -0.350 e. The topological polar surface area (TPSA) is 102 Å². The van der Waals surface area contributed by atoms with E-state index in [4.69, 9.17) is 5.14 Å². The van der Waals surface area contributed by atoms with Crippen molar-refractivity contribution < 1.29 is 13.2 Å². The number of rotatable bonds is 5. The number of carbonyl (C=O) groups is 1. The van der Waals surface area contributed by atoms with Gasteiger partial charge in [-0.25, -0.2) is 18.5 Å². The number of hydrogen-bond donors (Lipinski definition) is 2. The van der Waals surface area contributed by atoms with E-state index >= 15 is 0 Å². The highest BCUT2D eigenvalue weighted by Gasteiger charge is 2.08. The van der Waals surface area contributed by atoms with E-state index in [0.717, 1.165) is 11.3 Å². The molecular weight excluding hydrogens is 302 g/mol. The molecule has 2 aromatic rings. The number of hydrogen-bond acceptors (Lipinski definition) is 4. The molecule has 0 atom stereocenters. The smallest absolute Gasteiger partial charge is 0.269 e. The predicted molar refractivity (Wildman–Crippen MR) is 82.8 cm³/mol. The van der Waals surface area contributed by atoms with E-state index in [-0.39, 0.29) is 10.8 Å². The summed E-state index contributed by atoms with van der Waals surface area (Å²) in [6, 6.07) is 11.5. The van der Waals surface area contributed by atoms with Crippen LogP contribution in [0.5, 0.6) is 0 Å². The zero-order valence-corrected chi connectivity index (χ0v) is 12.9. The first kappa shape index (κ1) is 16.1. The molecule has 0 saturated heterocycles. The lowest BCUT2D eigenvalue weighted by Gasteiger charge is -2.06. The fraction of sp³-hybridized carbons (Fsp3) is 0.200. The molecule has 1 aromatic heterocycles. The van der Waals surface area contributed by atoms with Crippen molar-refractivity contribution in [2.45, 2.75) is 18.2 Å². The summed E-state index contributed by atoms with van der Waals surface area (Å²) in [6.45, 7) is 2.26. The number of nitrogens with two attached hydrogens (primary N) is 1. The highest BCUT2D eigenvalue weighted by Crippen LogP contribution is 2.09. The standard InChI is InChI=1S/C15H17N3O3S/c1-11-3-2-4-14(18-11)15(19)17-10-9-12-5-7-13(8-6-12)22(16,20)21/h2-8H,9-10H2,1H3,(H,17,19)(H2,16,20,21). The lowest BCUT2D eigenvalue weighted by molar-refractivity contribution is 0.0949. The molecule has 22 heavy (non-hydrogen) atoms. The third-order valence-corrected chi connectivity index (χ3v) is 4.00. The minimum atomic E-state index is -3.67. The zero-order valence-electron chi connectivity index (χ0n) is 12.1. The molecule has 1 amide bonds. The summed E-state index contributed by atoms with van der Waals surface area (Å²) in [5, 5.41) is 7.81. The number of nitrogens with one attached hydrogen (secondary N) is 1. The summed E-state index contributed by atoms with van der Waals surface area (Å²) < 4.78 is 22.3. The van der Waals surface area contributed by atoms with Crippen LogP contribution in [0.15, 0.2) is 47.4 Å². The summed E-state index contributed by atoms with van der Waals surface area (Å²) in [5.74, 6) is -0.232. The first-order valence-electron chi connectivity index (χ1n) is 6.70. The Balaban J connectivity index is 1.90. The Bertz CT molecular complexity index is 771. The molecule has 0 aliphatic carbocycles. The summed E-state index contributed by atoms with van der Waals surface area (Å²) in [7, 11) is -3.67. The molecule has 0 bridgehead atoms. The van der Waals surface area contributed by atoms with Crippen LogP contribution in [-0.2, 0) is 16.4 Å². The van der Waals surface area contributed by atoms with Crippen molar-refractivity contribution >= 4 is 15.9 Å². The minimum absolute atomic E-state index is 0.0734. The van der Waals surface area contributed by atoms with Gasteiger partial charge in [-0.15, -0.1) is 0 Å². The van der Waals surface area contributed by atoms with Crippen LogP contribution in [0.2, 0.25) is 0 Å². The van der Waals surface area contributed by atoms with Crippen molar-refractivity contribution in [3.8, 4) is 0 Å². The summed E-state index contributed by atoms with van der Waals surface area (Å²) >= 11 is 0. The lowest BCUT2D eigenvalue weighted by atomic mass is 10.1. The van der Waals surface area contributed by atoms with Crippen LogP contribution in [0.3, 0.4) is 0 Å². The van der Waals surface area contributed by atoms with Crippen molar-refractivity contribution in [1.29, 1.82) is 0 Å². The van der Waals surface area contributed by atoms with E-state index in [1.807, 2.05) is 13.0 Å². The molecule has 0 spiro atoms. The van der Waals surface area contributed by atoms with Gasteiger partial charge in [0, 0.05) is 12.2 Å². The highest BCUT2D eigenvalue weighted by molar-refractivity contribution is 7.89. The van der Waals surface area contributed by atoms with E-state index in [0.29, 0.717) is 18.7 Å². The van der Waals surface area contributed by atoms with Gasteiger partial charge >= 0.3 is 0 Å². The van der Waals surface area contributed by atoms with Gasteiger partial charge in [-0.2, -0.15) is 0 Å². The first-order chi connectivity index (χ1) is 10.4. The van der Waals surface area contributed by atoms with Crippen molar-refractivity contribution in [3.63, 3.8) is 0 Å². The number of aromatic nitrogens is 1. The van der Waals surface area contributed by atoms with Crippen molar-refractivity contribution in [2.24, 2.45) is 5.14 Å². The van der Waals surface area contributed by atoms with Gasteiger partial charge in [0.05, 0.1) is 4.90 Å².